The Bertz CT molecular complexity index is 159. The second kappa shape index (κ2) is 4.45. The van der Waals surface area contributed by atoms with E-state index in [1.807, 2.05) is 6.92 Å². The lowest BCUT2D eigenvalue weighted by atomic mass is 9.95. The number of hydrogen-bond acceptors (Lipinski definition) is 2. The fourth-order valence-corrected chi connectivity index (χ4v) is 1.54. The van der Waals surface area contributed by atoms with Crippen molar-refractivity contribution in [2.24, 2.45) is 5.92 Å². The Labute approximate surface area is 73.9 Å². The van der Waals surface area contributed by atoms with Crippen LogP contribution in [0.15, 0.2) is 0 Å². The van der Waals surface area contributed by atoms with Crippen LogP contribution in [0.2, 0.25) is 0 Å². The van der Waals surface area contributed by atoms with Crippen molar-refractivity contribution < 1.29 is 4.79 Å². The van der Waals surface area contributed by atoms with Gasteiger partial charge in [-0.3, -0.25) is 4.79 Å². The summed E-state index contributed by atoms with van der Waals surface area (Å²) in [5.74, 6) is 0.739. The molecule has 0 aliphatic carbocycles. The molecule has 0 aromatic rings. The maximum Gasteiger partial charge on any atom is 0.219 e. The highest BCUT2D eigenvalue weighted by molar-refractivity contribution is 5.75. The molecule has 70 valence electrons. The van der Waals surface area contributed by atoms with Crippen molar-refractivity contribution in [3.8, 4) is 0 Å². The Morgan fingerprint density at radius 1 is 1.67 bits per heavy atom. The summed E-state index contributed by atoms with van der Waals surface area (Å²) in [5, 5.41) is 6.34. The van der Waals surface area contributed by atoms with Gasteiger partial charge in [-0.1, -0.05) is 13.8 Å². The van der Waals surface area contributed by atoms with Crippen molar-refractivity contribution in [2.45, 2.75) is 32.7 Å². The van der Waals surface area contributed by atoms with E-state index in [1.165, 1.54) is 0 Å². The van der Waals surface area contributed by atoms with E-state index in [2.05, 4.69) is 17.6 Å². The third-order valence-corrected chi connectivity index (χ3v) is 2.45. The second-order valence-corrected chi connectivity index (χ2v) is 3.50. The minimum absolute atomic E-state index is 0.175. The van der Waals surface area contributed by atoms with Crippen molar-refractivity contribution >= 4 is 5.91 Å². The summed E-state index contributed by atoms with van der Waals surface area (Å²) in [6.45, 7) is 6.11. The number of amides is 1. The van der Waals surface area contributed by atoms with Gasteiger partial charge in [0.05, 0.1) is 0 Å². The molecule has 3 nitrogen and oxygen atoms in total. The maximum absolute atomic E-state index is 11.1. The molecule has 12 heavy (non-hydrogen) atoms. The second-order valence-electron chi connectivity index (χ2n) is 3.50. The molecule has 0 aromatic heterocycles. The first-order valence-corrected chi connectivity index (χ1v) is 4.74. The van der Waals surface area contributed by atoms with E-state index in [9.17, 15) is 4.79 Å². The van der Waals surface area contributed by atoms with Crippen molar-refractivity contribution in [2.75, 3.05) is 13.1 Å². The zero-order valence-corrected chi connectivity index (χ0v) is 7.89. The van der Waals surface area contributed by atoms with Crippen molar-refractivity contribution in [1.29, 1.82) is 0 Å². The van der Waals surface area contributed by atoms with Crippen molar-refractivity contribution in [1.82, 2.24) is 10.6 Å². The molecule has 1 aliphatic heterocycles. The Hall–Kier alpha value is -0.570. The van der Waals surface area contributed by atoms with Crippen LogP contribution in [0.5, 0.6) is 0 Å². The molecule has 0 saturated carbocycles. The van der Waals surface area contributed by atoms with Crippen LogP contribution >= 0.6 is 0 Å². The van der Waals surface area contributed by atoms with Gasteiger partial charge >= 0.3 is 0 Å². The number of hydrogen-bond donors (Lipinski definition) is 2. The molecular weight excluding hydrogens is 152 g/mol. The van der Waals surface area contributed by atoms with Crippen LogP contribution < -0.4 is 10.6 Å². The molecule has 1 heterocycles. The Morgan fingerprint density at radius 3 is 3.00 bits per heavy atom. The van der Waals surface area contributed by atoms with Crippen LogP contribution in [0.1, 0.15) is 26.7 Å². The smallest absolute Gasteiger partial charge is 0.219 e. The molecule has 1 amide bonds. The highest BCUT2D eigenvalue weighted by Gasteiger charge is 2.21. The van der Waals surface area contributed by atoms with Crippen LogP contribution in [0.4, 0.5) is 0 Å². The van der Waals surface area contributed by atoms with Crippen molar-refractivity contribution in [3.63, 3.8) is 0 Å². The van der Waals surface area contributed by atoms with Gasteiger partial charge in [0.15, 0.2) is 0 Å². The highest BCUT2D eigenvalue weighted by atomic mass is 16.1. The third kappa shape index (κ3) is 2.48. The van der Waals surface area contributed by atoms with E-state index in [0.29, 0.717) is 18.4 Å². The van der Waals surface area contributed by atoms with E-state index in [-0.39, 0.29) is 5.91 Å². The fourth-order valence-electron chi connectivity index (χ4n) is 1.54. The first-order valence-electron chi connectivity index (χ1n) is 4.74. The number of carbonyl (C=O) groups is 1. The van der Waals surface area contributed by atoms with Gasteiger partial charge in [-0.2, -0.15) is 0 Å². The zero-order chi connectivity index (χ0) is 8.97. The van der Waals surface area contributed by atoms with Crippen molar-refractivity contribution in [3.05, 3.63) is 0 Å². The molecule has 1 rings (SSSR count). The quantitative estimate of drug-likeness (QED) is 0.634. The van der Waals surface area contributed by atoms with Gasteiger partial charge < -0.3 is 10.6 Å². The molecule has 0 aromatic carbocycles. The molecular formula is C9H18N2O. The lowest BCUT2D eigenvalue weighted by Crippen LogP contribution is -2.48. The molecule has 2 atom stereocenters. The Kier molecular flexibility index (Phi) is 3.53. The standard InChI is InChI=1S/C9H18N2O/c1-3-9(12)11-8-4-5-10-6-7(8)2/h7-8,10H,3-6H2,1-2H3,(H,11,12). The van der Waals surface area contributed by atoms with E-state index in [1.54, 1.807) is 0 Å². The Balaban J connectivity index is 2.33. The summed E-state index contributed by atoms with van der Waals surface area (Å²) in [4.78, 5) is 11.1. The van der Waals surface area contributed by atoms with Crippen LogP contribution in [0, 0.1) is 5.92 Å². The van der Waals surface area contributed by atoms with E-state index in [0.717, 1.165) is 19.5 Å². The molecule has 0 bridgehead atoms. The van der Waals surface area contributed by atoms with Gasteiger partial charge in [0, 0.05) is 12.5 Å². The number of carbonyl (C=O) groups excluding carboxylic acids is 1. The van der Waals surface area contributed by atoms with Crippen LogP contribution in [0.25, 0.3) is 0 Å². The van der Waals surface area contributed by atoms with Gasteiger partial charge in [0.25, 0.3) is 0 Å². The molecule has 0 radical (unpaired) electrons. The maximum atomic E-state index is 11.1. The number of nitrogens with one attached hydrogen (secondary N) is 2. The summed E-state index contributed by atoms with van der Waals surface area (Å²) in [5.41, 5.74) is 0. The lowest BCUT2D eigenvalue weighted by Gasteiger charge is -2.30. The molecule has 2 N–H and O–H groups in total. The molecule has 1 fully saturated rings. The van der Waals surface area contributed by atoms with Gasteiger partial charge in [-0.15, -0.1) is 0 Å². The summed E-state index contributed by atoms with van der Waals surface area (Å²) in [6.07, 6.45) is 1.66. The largest absolute Gasteiger partial charge is 0.353 e. The topological polar surface area (TPSA) is 41.1 Å². The average Bonchev–Trinajstić information content (AvgIpc) is 2.09. The summed E-state index contributed by atoms with van der Waals surface area (Å²) < 4.78 is 0. The van der Waals surface area contributed by atoms with Gasteiger partial charge in [-0.25, -0.2) is 0 Å². The first-order chi connectivity index (χ1) is 5.74. The van der Waals surface area contributed by atoms with Gasteiger partial charge in [0.1, 0.15) is 0 Å². The van der Waals surface area contributed by atoms with E-state index >= 15 is 0 Å². The first kappa shape index (κ1) is 9.52. The summed E-state index contributed by atoms with van der Waals surface area (Å²) >= 11 is 0. The highest BCUT2D eigenvalue weighted by Crippen LogP contribution is 2.09. The monoisotopic (exact) mass is 170 g/mol. The molecule has 1 aliphatic rings. The number of rotatable bonds is 2. The predicted octanol–water partition coefficient (Wildman–Crippen LogP) is 0.511. The summed E-state index contributed by atoms with van der Waals surface area (Å²) in [7, 11) is 0. The Morgan fingerprint density at radius 2 is 2.42 bits per heavy atom. The van der Waals surface area contributed by atoms with Crippen LogP contribution in [-0.2, 0) is 4.79 Å². The fraction of sp³-hybridized carbons (Fsp3) is 0.889. The molecule has 1 saturated heterocycles. The molecule has 3 heteroatoms. The SMILES string of the molecule is CCC(=O)NC1CCNCC1C. The molecule has 0 spiro atoms. The minimum Gasteiger partial charge on any atom is -0.353 e. The van der Waals surface area contributed by atoms with Crippen LogP contribution in [-0.4, -0.2) is 25.0 Å². The molecule has 2 unspecified atom stereocenters. The average molecular weight is 170 g/mol. The summed E-state index contributed by atoms with van der Waals surface area (Å²) in [6, 6.07) is 0.388. The van der Waals surface area contributed by atoms with Gasteiger partial charge in [0.2, 0.25) is 5.91 Å². The zero-order valence-electron chi connectivity index (χ0n) is 7.89. The van der Waals surface area contributed by atoms with E-state index in [4.69, 9.17) is 0 Å². The van der Waals surface area contributed by atoms with E-state index < -0.39 is 0 Å². The minimum atomic E-state index is 0.175. The van der Waals surface area contributed by atoms with Crippen LogP contribution in [0.3, 0.4) is 0 Å². The predicted molar refractivity (Wildman–Crippen MR) is 48.9 cm³/mol. The normalized spacial score (nSPS) is 29.8. The van der Waals surface area contributed by atoms with Gasteiger partial charge in [-0.05, 0) is 25.4 Å². The number of piperidine rings is 1. The third-order valence-electron chi connectivity index (χ3n) is 2.45. The lowest BCUT2D eigenvalue weighted by molar-refractivity contribution is -0.121.